The predicted molar refractivity (Wildman–Crippen MR) is 63.9 cm³/mol. The molecule has 1 rings (SSSR count). The van der Waals surface area contributed by atoms with Crippen molar-refractivity contribution in [2.75, 3.05) is 5.06 Å². The lowest BCUT2D eigenvalue weighted by Crippen LogP contribution is -2.14. The Morgan fingerprint density at radius 3 is 2.20 bits per heavy atom. The van der Waals surface area contributed by atoms with Crippen molar-refractivity contribution in [3.8, 4) is 0 Å². The number of para-hydroxylation sites is 1. The number of nitrogens with zero attached hydrogens (tertiary/aromatic N) is 1. The summed E-state index contributed by atoms with van der Waals surface area (Å²) in [5.74, 6) is 0. The molecule has 0 aromatic heterocycles. The zero-order valence-corrected chi connectivity index (χ0v) is 9.44. The average Bonchev–Trinajstić information content (AvgIpc) is 2.26. The first kappa shape index (κ1) is 11.5. The lowest BCUT2D eigenvalue weighted by molar-refractivity contribution is 0.284. The summed E-state index contributed by atoms with van der Waals surface area (Å²) in [5.41, 5.74) is 2.77. The SMILES string of the molecule is CC(C)=C/C=C(\C)N(O)c1ccccc1. The summed E-state index contributed by atoms with van der Waals surface area (Å²) < 4.78 is 0. The summed E-state index contributed by atoms with van der Waals surface area (Å²) >= 11 is 0. The molecule has 0 heterocycles. The van der Waals surface area contributed by atoms with E-state index in [1.165, 1.54) is 10.6 Å². The molecule has 1 aromatic rings. The molecular weight excluding hydrogens is 186 g/mol. The second-order valence-corrected chi connectivity index (χ2v) is 3.70. The van der Waals surface area contributed by atoms with Gasteiger partial charge in [0.15, 0.2) is 0 Å². The zero-order valence-electron chi connectivity index (χ0n) is 9.44. The summed E-state index contributed by atoms with van der Waals surface area (Å²) in [7, 11) is 0. The van der Waals surface area contributed by atoms with Crippen LogP contribution in [-0.2, 0) is 0 Å². The molecule has 1 aromatic carbocycles. The quantitative estimate of drug-likeness (QED) is 0.597. The van der Waals surface area contributed by atoms with E-state index in [4.69, 9.17) is 0 Å². The molecule has 2 nitrogen and oxygen atoms in total. The van der Waals surface area contributed by atoms with Crippen LogP contribution in [-0.4, -0.2) is 5.21 Å². The highest BCUT2D eigenvalue weighted by Crippen LogP contribution is 2.15. The molecule has 0 aliphatic carbocycles. The van der Waals surface area contributed by atoms with Gasteiger partial charge in [0.25, 0.3) is 0 Å². The largest absolute Gasteiger partial charge is 0.284 e. The third-order valence-corrected chi connectivity index (χ3v) is 1.99. The fourth-order valence-corrected chi connectivity index (χ4v) is 1.13. The monoisotopic (exact) mass is 203 g/mol. The van der Waals surface area contributed by atoms with Gasteiger partial charge in [-0.2, -0.15) is 0 Å². The first-order chi connectivity index (χ1) is 7.11. The highest BCUT2D eigenvalue weighted by atomic mass is 16.5. The molecule has 0 aliphatic rings. The molecule has 15 heavy (non-hydrogen) atoms. The molecule has 0 unspecified atom stereocenters. The van der Waals surface area contributed by atoms with E-state index < -0.39 is 0 Å². The molecule has 0 saturated carbocycles. The number of hydroxylamine groups is 1. The van der Waals surface area contributed by atoms with Crippen LogP contribution in [0.1, 0.15) is 20.8 Å². The van der Waals surface area contributed by atoms with Gasteiger partial charge in [-0.05, 0) is 39.0 Å². The molecule has 80 valence electrons. The summed E-state index contributed by atoms with van der Waals surface area (Å²) in [6, 6.07) is 9.44. The fraction of sp³-hybridized carbons (Fsp3) is 0.231. The summed E-state index contributed by atoms with van der Waals surface area (Å²) in [6.07, 6.45) is 3.86. The van der Waals surface area contributed by atoms with Crippen molar-refractivity contribution in [3.05, 3.63) is 53.8 Å². The van der Waals surface area contributed by atoms with Gasteiger partial charge in [-0.25, -0.2) is 5.06 Å². The summed E-state index contributed by atoms with van der Waals surface area (Å²) in [4.78, 5) is 0. The molecule has 0 spiro atoms. The summed E-state index contributed by atoms with van der Waals surface area (Å²) in [6.45, 7) is 5.91. The third kappa shape index (κ3) is 3.60. The molecule has 0 bridgehead atoms. The van der Waals surface area contributed by atoms with Crippen LogP contribution in [0.2, 0.25) is 0 Å². The molecule has 0 aliphatic heterocycles. The standard InChI is InChI=1S/C13H17NO/c1-11(2)9-10-12(3)14(15)13-7-5-4-6-8-13/h4-10,15H,1-3H3/b12-10+. The van der Waals surface area contributed by atoms with E-state index >= 15 is 0 Å². The van der Waals surface area contributed by atoms with Crippen LogP contribution in [0, 0.1) is 0 Å². The van der Waals surface area contributed by atoms with Gasteiger partial charge in [0.05, 0.1) is 5.69 Å². The molecular formula is C13H17NO. The van der Waals surface area contributed by atoms with Crippen molar-refractivity contribution < 1.29 is 5.21 Å². The molecule has 0 atom stereocenters. The smallest absolute Gasteiger partial charge is 0.0689 e. The predicted octanol–water partition coefficient (Wildman–Crippen LogP) is 3.75. The average molecular weight is 203 g/mol. The van der Waals surface area contributed by atoms with Crippen LogP contribution in [0.5, 0.6) is 0 Å². The number of hydrogen-bond acceptors (Lipinski definition) is 2. The molecule has 2 heteroatoms. The van der Waals surface area contributed by atoms with Crippen molar-refractivity contribution in [1.82, 2.24) is 0 Å². The van der Waals surface area contributed by atoms with Crippen LogP contribution in [0.25, 0.3) is 0 Å². The van der Waals surface area contributed by atoms with Gasteiger partial charge >= 0.3 is 0 Å². The number of hydrogen-bond donors (Lipinski definition) is 1. The Morgan fingerprint density at radius 2 is 1.67 bits per heavy atom. The van der Waals surface area contributed by atoms with E-state index in [-0.39, 0.29) is 0 Å². The van der Waals surface area contributed by atoms with Crippen LogP contribution in [0.15, 0.2) is 53.8 Å². The highest BCUT2D eigenvalue weighted by molar-refractivity contribution is 5.48. The molecule has 0 fully saturated rings. The maximum Gasteiger partial charge on any atom is 0.0689 e. The number of rotatable bonds is 3. The topological polar surface area (TPSA) is 23.5 Å². The first-order valence-electron chi connectivity index (χ1n) is 4.97. The second-order valence-electron chi connectivity index (χ2n) is 3.70. The molecule has 0 radical (unpaired) electrons. The minimum absolute atomic E-state index is 0.772. The van der Waals surface area contributed by atoms with Crippen LogP contribution < -0.4 is 5.06 Å². The molecule has 0 saturated heterocycles. The van der Waals surface area contributed by atoms with Crippen molar-refractivity contribution in [3.63, 3.8) is 0 Å². The third-order valence-electron chi connectivity index (χ3n) is 1.99. The van der Waals surface area contributed by atoms with E-state index in [9.17, 15) is 5.21 Å². The van der Waals surface area contributed by atoms with Gasteiger partial charge in [-0.3, -0.25) is 5.21 Å². The van der Waals surface area contributed by atoms with Crippen molar-refractivity contribution in [1.29, 1.82) is 0 Å². The van der Waals surface area contributed by atoms with Crippen molar-refractivity contribution in [2.45, 2.75) is 20.8 Å². The Balaban J connectivity index is 2.82. The van der Waals surface area contributed by atoms with E-state index in [0.29, 0.717) is 0 Å². The minimum Gasteiger partial charge on any atom is -0.284 e. The number of allylic oxidation sites excluding steroid dienone is 4. The minimum atomic E-state index is 0.772. The molecule has 0 amide bonds. The first-order valence-corrected chi connectivity index (χ1v) is 4.97. The van der Waals surface area contributed by atoms with E-state index in [0.717, 1.165) is 11.4 Å². The highest BCUT2D eigenvalue weighted by Gasteiger charge is 2.02. The fourth-order valence-electron chi connectivity index (χ4n) is 1.13. The van der Waals surface area contributed by atoms with Gasteiger partial charge < -0.3 is 0 Å². The lowest BCUT2D eigenvalue weighted by atomic mass is 10.2. The van der Waals surface area contributed by atoms with Gasteiger partial charge in [-0.15, -0.1) is 0 Å². The Kier molecular flexibility index (Phi) is 4.13. The number of benzene rings is 1. The van der Waals surface area contributed by atoms with Crippen molar-refractivity contribution >= 4 is 5.69 Å². The van der Waals surface area contributed by atoms with Gasteiger partial charge in [0.2, 0.25) is 0 Å². The summed E-state index contributed by atoms with van der Waals surface area (Å²) in [5, 5.41) is 11.0. The maximum atomic E-state index is 9.84. The Hall–Kier alpha value is -1.54. The maximum absolute atomic E-state index is 9.84. The van der Waals surface area contributed by atoms with Crippen LogP contribution in [0.4, 0.5) is 5.69 Å². The van der Waals surface area contributed by atoms with Gasteiger partial charge in [0.1, 0.15) is 0 Å². The van der Waals surface area contributed by atoms with Crippen LogP contribution >= 0.6 is 0 Å². The van der Waals surface area contributed by atoms with Gasteiger partial charge in [-0.1, -0.05) is 29.8 Å². The second kappa shape index (κ2) is 5.37. The van der Waals surface area contributed by atoms with Gasteiger partial charge in [0, 0.05) is 5.70 Å². The lowest BCUT2D eigenvalue weighted by Gasteiger charge is -2.16. The normalized spacial score (nSPS) is 11.1. The van der Waals surface area contributed by atoms with Crippen molar-refractivity contribution in [2.24, 2.45) is 0 Å². The Morgan fingerprint density at radius 1 is 1.07 bits per heavy atom. The van der Waals surface area contributed by atoms with Crippen LogP contribution in [0.3, 0.4) is 0 Å². The Labute approximate surface area is 91.1 Å². The van der Waals surface area contributed by atoms with E-state index in [2.05, 4.69) is 0 Å². The number of anilines is 1. The Bertz CT molecular complexity index is 361. The van der Waals surface area contributed by atoms with E-state index in [1.54, 1.807) is 0 Å². The zero-order chi connectivity index (χ0) is 11.3. The van der Waals surface area contributed by atoms with E-state index in [1.807, 2.05) is 63.3 Å². The molecule has 1 N–H and O–H groups in total.